The zero-order valence-corrected chi connectivity index (χ0v) is 6.76. The monoisotopic (exact) mass is 141 g/mol. The summed E-state index contributed by atoms with van der Waals surface area (Å²) in [5.41, 5.74) is 6.29. The molecule has 0 saturated heterocycles. The predicted molar refractivity (Wildman–Crippen MR) is 45.0 cm³/mol. The van der Waals surface area contributed by atoms with Crippen molar-refractivity contribution >= 4 is 6.34 Å². The third kappa shape index (κ3) is 3.12. The summed E-state index contributed by atoms with van der Waals surface area (Å²) in [4.78, 5) is 3.99. The first-order chi connectivity index (χ1) is 4.72. The van der Waals surface area contributed by atoms with Crippen molar-refractivity contribution in [2.75, 3.05) is 7.05 Å². The molecule has 0 spiro atoms. The van der Waals surface area contributed by atoms with Crippen molar-refractivity contribution in [2.45, 2.75) is 19.9 Å². The topological polar surface area (TPSA) is 50.4 Å². The summed E-state index contributed by atoms with van der Waals surface area (Å²) in [5.74, 6) is 0. The van der Waals surface area contributed by atoms with Gasteiger partial charge in [0.15, 0.2) is 0 Å². The van der Waals surface area contributed by atoms with Crippen molar-refractivity contribution in [3.05, 3.63) is 11.8 Å². The van der Waals surface area contributed by atoms with Crippen molar-refractivity contribution in [1.29, 1.82) is 0 Å². The van der Waals surface area contributed by atoms with E-state index in [9.17, 15) is 0 Å². The van der Waals surface area contributed by atoms with Crippen LogP contribution in [0.5, 0.6) is 0 Å². The molecule has 0 bridgehead atoms. The molecule has 0 aromatic heterocycles. The van der Waals surface area contributed by atoms with Crippen LogP contribution in [0.2, 0.25) is 0 Å². The molecule has 0 fully saturated rings. The Bertz CT molecular complexity index is 138. The second-order valence-electron chi connectivity index (χ2n) is 2.15. The molecule has 3 N–H and O–H groups in total. The van der Waals surface area contributed by atoms with Crippen LogP contribution >= 0.6 is 0 Å². The molecule has 58 valence electrons. The summed E-state index contributed by atoms with van der Waals surface area (Å²) in [5, 5.41) is 2.93. The lowest BCUT2D eigenvalue weighted by atomic mass is 10.2. The first-order valence-corrected chi connectivity index (χ1v) is 3.29. The lowest BCUT2D eigenvalue weighted by molar-refractivity contribution is 0.848. The van der Waals surface area contributed by atoms with Gasteiger partial charge in [-0.05, 0) is 25.6 Å². The molecule has 0 rings (SSSR count). The quantitative estimate of drug-likeness (QED) is 0.444. The minimum atomic E-state index is 0.178. The summed E-state index contributed by atoms with van der Waals surface area (Å²) in [7, 11) is 1.86. The predicted octanol–water partition coefficient (Wildman–Crippen LogP) is 0.485. The molecule has 1 unspecified atom stereocenters. The Morgan fingerprint density at radius 1 is 1.70 bits per heavy atom. The highest BCUT2D eigenvalue weighted by Gasteiger charge is 1.97. The third-order valence-electron chi connectivity index (χ3n) is 1.34. The van der Waals surface area contributed by atoms with E-state index in [1.807, 2.05) is 27.1 Å². The molecule has 0 saturated carbocycles. The third-order valence-corrected chi connectivity index (χ3v) is 1.34. The van der Waals surface area contributed by atoms with Crippen LogP contribution < -0.4 is 11.1 Å². The largest absolute Gasteiger partial charge is 0.394 e. The van der Waals surface area contributed by atoms with Gasteiger partial charge < -0.3 is 11.1 Å². The average molecular weight is 141 g/mol. The van der Waals surface area contributed by atoms with Gasteiger partial charge in [0.25, 0.3) is 0 Å². The van der Waals surface area contributed by atoms with Crippen LogP contribution in [0.1, 0.15) is 13.8 Å². The highest BCUT2D eigenvalue weighted by atomic mass is 14.8. The molecule has 0 aliphatic rings. The Kier molecular flexibility index (Phi) is 4.37. The fraction of sp³-hybridized carbons (Fsp3) is 0.571. The van der Waals surface area contributed by atoms with Gasteiger partial charge in [0.2, 0.25) is 0 Å². The van der Waals surface area contributed by atoms with Crippen LogP contribution in [0.25, 0.3) is 0 Å². The van der Waals surface area contributed by atoms with Crippen molar-refractivity contribution in [2.24, 2.45) is 10.7 Å². The average Bonchev–Trinajstić information content (AvgIpc) is 1.89. The van der Waals surface area contributed by atoms with Crippen molar-refractivity contribution in [1.82, 2.24) is 5.32 Å². The molecule has 0 aliphatic heterocycles. The van der Waals surface area contributed by atoms with Crippen LogP contribution in [0.15, 0.2) is 16.8 Å². The van der Waals surface area contributed by atoms with Gasteiger partial charge in [-0.15, -0.1) is 0 Å². The molecular formula is C7H15N3. The number of nitrogens with zero attached hydrogens (tertiary/aromatic N) is 1. The van der Waals surface area contributed by atoms with Crippen LogP contribution in [0.4, 0.5) is 0 Å². The number of hydrogen-bond acceptors (Lipinski definition) is 2. The maximum Gasteiger partial charge on any atom is 0.0805 e. The first-order valence-electron chi connectivity index (χ1n) is 3.29. The fourth-order valence-corrected chi connectivity index (χ4v) is 0.595. The summed E-state index contributed by atoms with van der Waals surface area (Å²) in [6, 6.07) is 0.178. The molecular weight excluding hydrogens is 126 g/mol. The molecule has 0 heterocycles. The molecule has 1 atom stereocenters. The zero-order valence-electron chi connectivity index (χ0n) is 6.76. The van der Waals surface area contributed by atoms with Gasteiger partial charge in [0.05, 0.1) is 12.4 Å². The van der Waals surface area contributed by atoms with E-state index >= 15 is 0 Å². The van der Waals surface area contributed by atoms with Gasteiger partial charge in [-0.1, -0.05) is 0 Å². The van der Waals surface area contributed by atoms with E-state index in [1.54, 1.807) is 0 Å². The maximum atomic E-state index is 5.12. The Balaban J connectivity index is 3.93. The van der Waals surface area contributed by atoms with Crippen LogP contribution in [0, 0.1) is 0 Å². The smallest absolute Gasteiger partial charge is 0.0805 e. The van der Waals surface area contributed by atoms with Gasteiger partial charge in [-0.2, -0.15) is 0 Å². The van der Waals surface area contributed by atoms with E-state index in [0.717, 1.165) is 0 Å². The van der Waals surface area contributed by atoms with Crippen LogP contribution in [-0.2, 0) is 0 Å². The van der Waals surface area contributed by atoms with Gasteiger partial charge >= 0.3 is 0 Å². The lowest BCUT2D eigenvalue weighted by Gasteiger charge is -2.04. The molecule has 0 radical (unpaired) electrons. The standard InChI is InChI=1S/C7H15N3/c1-6(4-9-3)7(2)10-5-8/h4-5,7,9H,1-3H3,(H2,8,10)/b6-4+. The number of rotatable bonds is 3. The Labute approximate surface area is 62.0 Å². The minimum absolute atomic E-state index is 0.178. The molecule has 0 aliphatic carbocycles. The lowest BCUT2D eigenvalue weighted by Crippen LogP contribution is -2.06. The van der Waals surface area contributed by atoms with E-state index in [2.05, 4.69) is 10.3 Å². The summed E-state index contributed by atoms with van der Waals surface area (Å²) >= 11 is 0. The van der Waals surface area contributed by atoms with Crippen molar-refractivity contribution in [3.8, 4) is 0 Å². The number of nitrogens with two attached hydrogens (primary N) is 1. The number of nitrogens with one attached hydrogen (secondary N) is 1. The van der Waals surface area contributed by atoms with E-state index in [-0.39, 0.29) is 6.04 Å². The SMILES string of the molecule is CN/C=C(\C)C(C)N=CN. The molecule has 10 heavy (non-hydrogen) atoms. The second-order valence-corrected chi connectivity index (χ2v) is 2.15. The highest BCUT2D eigenvalue weighted by molar-refractivity contribution is 5.52. The van der Waals surface area contributed by atoms with E-state index in [0.29, 0.717) is 0 Å². The number of hydrogen-bond donors (Lipinski definition) is 2. The Hall–Kier alpha value is -0.990. The Morgan fingerprint density at radius 2 is 2.30 bits per heavy atom. The van der Waals surface area contributed by atoms with Gasteiger partial charge in [0.1, 0.15) is 0 Å². The maximum absolute atomic E-state index is 5.12. The summed E-state index contributed by atoms with van der Waals surface area (Å²) < 4.78 is 0. The normalized spacial score (nSPS) is 15.7. The van der Waals surface area contributed by atoms with Gasteiger partial charge in [0, 0.05) is 7.05 Å². The summed E-state index contributed by atoms with van der Waals surface area (Å²) in [6.45, 7) is 4.00. The van der Waals surface area contributed by atoms with Crippen LogP contribution in [0.3, 0.4) is 0 Å². The number of aliphatic imine (C=N–C) groups is 1. The van der Waals surface area contributed by atoms with Gasteiger partial charge in [-0.25, -0.2) is 0 Å². The van der Waals surface area contributed by atoms with Crippen LogP contribution in [-0.4, -0.2) is 19.4 Å². The molecule has 3 heteroatoms. The molecule has 0 aromatic carbocycles. The van der Waals surface area contributed by atoms with E-state index in [4.69, 9.17) is 5.73 Å². The first kappa shape index (κ1) is 9.01. The molecule has 3 nitrogen and oxygen atoms in total. The fourth-order valence-electron chi connectivity index (χ4n) is 0.595. The summed E-state index contributed by atoms with van der Waals surface area (Å²) in [6.07, 6.45) is 3.25. The second kappa shape index (κ2) is 4.85. The van der Waals surface area contributed by atoms with E-state index in [1.165, 1.54) is 11.9 Å². The highest BCUT2D eigenvalue weighted by Crippen LogP contribution is 2.01. The Morgan fingerprint density at radius 3 is 2.70 bits per heavy atom. The molecule has 0 aromatic rings. The zero-order chi connectivity index (χ0) is 7.98. The van der Waals surface area contributed by atoms with Crippen molar-refractivity contribution in [3.63, 3.8) is 0 Å². The minimum Gasteiger partial charge on any atom is -0.394 e. The molecule has 0 amide bonds. The van der Waals surface area contributed by atoms with Gasteiger partial charge in [-0.3, -0.25) is 4.99 Å². The van der Waals surface area contributed by atoms with Crippen molar-refractivity contribution < 1.29 is 0 Å². The van der Waals surface area contributed by atoms with E-state index < -0.39 is 0 Å².